The number of thiophene rings is 1. The van der Waals surface area contributed by atoms with Gasteiger partial charge in [0, 0.05) is 10.3 Å². The van der Waals surface area contributed by atoms with Gasteiger partial charge < -0.3 is 4.74 Å². The molecule has 0 radical (unpaired) electrons. The molecule has 11 heavy (non-hydrogen) atoms. The molecule has 1 aromatic rings. The molecule has 62 valence electrons. The molecule has 0 saturated heterocycles. The molecule has 0 atom stereocenters. The highest BCUT2D eigenvalue weighted by molar-refractivity contribution is 7.10. The molecule has 2 heteroatoms. The first-order valence-electron chi connectivity index (χ1n) is 3.98. The highest BCUT2D eigenvalue weighted by Gasteiger charge is 1.97. The van der Waals surface area contributed by atoms with Crippen LogP contribution >= 0.6 is 11.3 Å². The Hall–Kier alpha value is -0.500. The molecule has 0 saturated carbocycles. The summed E-state index contributed by atoms with van der Waals surface area (Å²) in [5, 5.41) is 2.06. The summed E-state index contributed by atoms with van der Waals surface area (Å²) in [7, 11) is 1.71. The van der Waals surface area contributed by atoms with Crippen LogP contribution in [0.15, 0.2) is 11.4 Å². The lowest BCUT2D eigenvalue weighted by molar-refractivity contribution is 0.416. The van der Waals surface area contributed by atoms with Crippen molar-refractivity contribution in [3.05, 3.63) is 16.3 Å². The predicted octanol–water partition coefficient (Wildman–Crippen LogP) is 3.10. The standard InChI is InChI=1S/C9H14OS/c1-3-4-5-9-6-8(10-2)7-11-9/h6-7H,3-5H2,1-2H3. The number of rotatable bonds is 4. The van der Waals surface area contributed by atoms with Crippen molar-refractivity contribution >= 4 is 11.3 Å². The van der Waals surface area contributed by atoms with Gasteiger partial charge in [-0.25, -0.2) is 0 Å². The van der Waals surface area contributed by atoms with E-state index in [2.05, 4.69) is 18.4 Å². The maximum Gasteiger partial charge on any atom is 0.129 e. The minimum atomic E-state index is 1.00. The molecule has 0 fully saturated rings. The second-order valence-electron chi connectivity index (χ2n) is 2.56. The third-order valence-corrected chi connectivity index (χ3v) is 2.62. The van der Waals surface area contributed by atoms with Crippen LogP contribution < -0.4 is 4.74 Å². The molecule has 1 aromatic heterocycles. The zero-order chi connectivity index (χ0) is 8.10. The van der Waals surface area contributed by atoms with Gasteiger partial charge in [-0.1, -0.05) is 13.3 Å². The Morgan fingerprint density at radius 3 is 2.91 bits per heavy atom. The van der Waals surface area contributed by atoms with Gasteiger partial charge in [0.05, 0.1) is 7.11 Å². The molecule has 1 heterocycles. The van der Waals surface area contributed by atoms with Gasteiger partial charge in [0.25, 0.3) is 0 Å². The van der Waals surface area contributed by atoms with Crippen LogP contribution in [0.5, 0.6) is 5.75 Å². The van der Waals surface area contributed by atoms with Crippen molar-refractivity contribution in [3.8, 4) is 5.75 Å². The Kier molecular flexibility index (Phi) is 3.43. The van der Waals surface area contributed by atoms with E-state index in [1.807, 2.05) is 0 Å². The molecule has 0 bridgehead atoms. The van der Waals surface area contributed by atoms with Crippen molar-refractivity contribution in [2.45, 2.75) is 26.2 Å². The van der Waals surface area contributed by atoms with E-state index in [-0.39, 0.29) is 0 Å². The van der Waals surface area contributed by atoms with Crippen molar-refractivity contribution in [2.24, 2.45) is 0 Å². The highest BCUT2D eigenvalue weighted by atomic mass is 32.1. The second-order valence-corrected chi connectivity index (χ2v) is 3.55. The summed E-state index contributed by atoms with van der Waals surface area (Å²) in [5.74, 6) is 1.00. The van der Waals surface area contributed by atoms with Gasteiger partial charge in [0.1, 0.15) is 5.75 Å². The molecule has 0 N–H and O–H groups in total. The Morgan fingerprint density at radius 1 is 1.55 bits per heavy atom. The first kappa shape index (κ1) is 8.60. The average Bonchev–Trinajstić information content (AvgIpc) is 2.48. The van der Waals surface area contributed by atoms with Crippen molar-refractivity contribution in [3.63, 3.8) is 0 Å². The van der Waals surface area contributed by atoms with Crippen LogP contribution in [0.2, 0.25) is 0 Å². The summed E-state index contributed by atoms with van der Waals surface area (Å²) in [6, 6.07) is 2.13. The fraction of sp³-hybridized carbons (Fsp3) is 0.556. The molecule has 0 aliphatic carbocycles. The Labute approximate surface area is 72.0 Å². The molecular formula is C9H14OS. The van der Waals surface area contributed by atoms with E-state index < -0.39 is 0 Å². The van der Waals surface area contributed by atoms with E-state index >= 15 is 0 Å². The lowest BCUT2D eigenvalue weighted by Crippen LogP contribution is -1.79. The summed E-state index contributed by atoms with van der Waals surface area (Å²) in [4.78, 5) is 1.43. The van der Waals surface area contributed by atoms with Crippen LogP contribution in [0.1, 0.15) is 24.6 Å². The Balaban J connectivity index is 2.44. The van der Waals surface area contributed by atoms with Crippen molar-refractivity contribution in [1.82, 2.24) is 0 Å². The third-order valence-electron chi connectivity index (χ3n) is 1.64. The fourth-order valence-corrected chi connectivity index (χ4v) is 1.83. The highest BCUT2D eigenvalue weighted by Crippen LogP contribution is 2.22. The zero-order valence-electron chi connectivity index (χ0n) is 7.09. The maximum absolute atomic E-state index is 5.09. The average molecular weight is 170 g/mol. The molecular weight excluding hydrogens is 156 g/mol. The minimum absolute atomic E-state index is 1.00. The zero-order valence-corrected chi connectivity index (χ0v) is 7.91. The van der Waals surface area contributed by atoms with Gasteiger partial charge in [-0.15, -0.1) is 11.3 Å². The largest absolute Gasteiger partial charge is 0.496 e. The lowest BCUT2D eigenvalue weighted by atomic mass is 10.2. The summed E-state index contributed by atoms with van der Waals surface area (Å²) in [6.07, 6.45) is 3.74. The number of aryl methyl sites for hydroxylation is 1. The van der Waals surface area contributed by atoms with Crippen LogP contribution in [-0.4, -0.2) is 7.11 Å². The molecule has 1 rings (SSSR count). The van der Waals surface area contributed by atoms with E-state index in [1.54, 1.807) is 18.4 Å². The number of hydrogen-bond acceptors (Lipinski definition) is 2. The van der Waals surface area contributed by atoms with E-state index in [0.717, 1.165) is 5.75 Å². The normalized spacial score (nSPS) is 10.0. The Bertz CT molecular complexity index is 205. The van der Waals surface area contributed by atoms with Gasteiger partial charge in [0.2, 0.25) is 0 Å². The molecule has 0 aromatic carbocycles. The number of methoxy groups -OCH3 is 1. The first-order chi connectivity index (χ1) is 5.36. The maximum atomic E-state index is 5.09. The third kappa shape index (κ3) is 2.54. The Morgan fingerprint density at radius 2 is 2.36 bits per heavy atom. The van der Waals surface area contributed by atoms with Crippen LogP contribution in [-0.2, 0) is 6.42 Å². The minimum Gasteiger partial charge on any atom is -0.496 e. The van der Waals surface area contributed by atoms with Gasteiger partial charge in [-0.2, -0.15) is 0 Å². The van der Waals surface area contributed by atoms with Gasteiger partial charge in [-0.3, -0.25) is 0 Å². The van der Waals surface area contributed by atoms with Gasteiger partial charge in [-0.05, 0) is 18.9 Å². The molecule has 0 aliphatic heterocycles. The predicted molar refractivity (Wildman–Crippen MR) is 49.5 cm³/mol. The molecule has 0 amide bonds. The molecule has 1 nitrogen and oxygen atoms in total. The van der Waals surface area contributed by atoms with Gasteiger partial charge >= 0.3 is 0 Å². The summed E-state index contributed by atoms with van der Waals surface area (Å²) >= 11 is 1.79. The number of unbranched alkanes of at least 4 members (excludes halogenated alkanes) is 1. The monoisotopic (exact) mass is 170 g/mol. The van der Waals surface area contributed by atoms with Gasteiger partial charge in [0.15, 0.2) is 0 Å². The first-order valence-corrected chi connectivity index (χ1v) is 4.86. The number of hydrogen-bond donors (Lipinski definition) is 0. The number of ether oxygens (including phenoxy) is 1. The molecule has 0 spiro atoms. The summed E-state index contributed by atoms with van der Waals surface area (Å²) < 4.78 is 5.09. The fourth-order valence-electron chi connectivity index (χ4n) is 0.950. The molecule has 0 unspecified atom stereocenters. The smallest absolute Gasteiger partial charge is 0.129 e. The summed E-state index contributed by atoms with van der Waals surface area (Å²) in [5.41, 5.74) is 0. The molecule has 0 aliphatic rings. The SMILES string of the molecule is CCCCc1cc(OC)cs1. The van der Waals surface area contributed by atoms with E-state index in [9.17, 15) is 0 Å². The van der Waals surface area contributed by atoms with Crippen LogP contribution in [0, 0.1) is 0 Å². The van der Waals surface area contributed by atoms with Crippen LogP contribution in [0.3, 0.4) is 0 Å². The van der Waals surface area contributed by atoms with Crippen molar-refractivity contribution in [2.75, 3.05) is 7.11 Å². The topological polar surface area (TPSA) is 9.23 Å². The summed E-state index contributed by atoms with van der Waals surface area (Å²) in [6.45, 7) is 2.21. The van der Waals surface area contributed by atoms with E-state index in [4.69, 9.17) is 4.74 Å². The van der Waals surface area contributed by atoms with Crippen LogP contribution in [0.4, 0.5) is 0 Å². The second kappa shape index (κ2) is 4.39. The van der Waals surface area contributed by atoms with Crippen molar-refractivity contribution in [1.29, 1.82) is 0 Å². The lowest BCUT2D eigenvalue weighted by Gasteiger charge is -1.92. The quantitative estimate of drug-likeness (QED) is 0.674. The van der Waals surface area contributed by atoms with E-state index in [0.29, 0.717) is 0 Å². The van der Waals surface area contributed by atoms with Crippen LogP contribution in [0.25, 0.3) is 0 Å². The van der Waals surface area contributed by atoms with Crippen molar-refractivity contribution < 1.29 is 4.74 Å². The van der Waals surface area contributed by atoms with E-state index in [1.165, 1.54) is 24.1 Å².